The van der Waals surface area contributed by atoms with Crippen molar-refractivity contribution in [3.63, 3.8) is 0 Å². The lowest BCUT2D eigenvalue weighted by Gasteiger charge is -2.24. The Morgan fingerprint density at radius 1 is 1.14 bits per heavy atom. The van der Waals surface area contributed by atoms with Crippen molar-refractivity contribution in [2.24, 2.45) is 0 Å². The van der Waals surface area contributed by atoms with Gasteiger partial charge in [0.2, 0.25) is 5.91 Å². The Balaban J connectivity index is 1.90. The number of anilines is 3. The number of carbonyl (C=O) groups excluding carboxylic acids is 2. The zero-order valence-corrected chi connectivity index (χ0v) is 22.7. The van der Waals surface area contributed by atoms with Gasteiger partial charge in [-0.15, -0.1) is 0 Å². The SMILES string of the molecule is COc1ccc(N(C)c2cc(=O)oc3ccccc23)cc1NC(=O)[C@H](CCSC)NC(=O)OC(C)(C)C. The van der Waals surface area contributed by atoms with E-state index < -0.39 is 29.3 Å². The van der Waals surface area contributed by atoms with Gasteiger partial charge >= 0.3 is 11.7 Å². The molecular weight excluding hydrogens is 494 g/mol. The maximum absolute atomic E-state index is 13.2. The van der Waals surface area contributed by atoms with Gasteiger partial charge in [0.05, 0.1) is 18.5 Å². The molecule has 1 atom stereocenters. The maximum atomic E-state index is 13.2. The summed E-state index contributed by atoms with van der Waals surface area (Å²) < 4.78 is 16.1. The number of nitrogens with one attached hydrogen (secondary N) is 2. The van der Waals surface area contributed by atoms with Crippen LogP contribution in [0, 0.1) is 0 Å². The molecule has 0 bridgehead atoms. The lowest BCUT2D eigenvalue weighted by atomic mass is 10.1. The Morgan fingerprint density at radius 3 is 2.54 bits per heavy atom. The van der Waals surface area contributed by atoms with Gasteiger partial charge in [-0.25, -0.2) is 9.59 Å². The molecule has 9 nitrogen and oxygen atoms in total. The monoisotopic (exact) mass is 527 g/mol. The van der Waals surface area contributed by atoms with Gasteiger partial charge in [-0.05, 0) is 69.5 Å². The lowest BCUT2D eigenvalue weighted by Crippen LogP contribution is -2.46. The fourth-order valence-electron chi connectivity index (χ4n) is 3.69. The number of hydrogen-bond acceptors (Lipinski definition) is 8. The molecule has 1 aromatic heterocycles. The highest BCUT2D eigenvalue weighted by atomic mass is 32.2. The molecule has 0 saturated heterocycles. The van der Waals surface area contributed by atoms with Crippen molar-refractivity contribution in [2.45, 2.75) is 38.8 Å². The van der Waals surface area contributed by atoms with E-state index >= 15 is 0 Å². The van der Waals surface area contributed by atoms with Gasteiger partial charge in [-0.1, -0.05) is 12.1 Å². The number of hydrogen-bond donors (Lipinski definition) is 2. The van der Waals surface area contributed by atoms with Crippen LogP contribution in [-0.4, -0.2) is 49.8 Å². The van der Waals surface area contributed by atoms with Crippen LogP contribution in [-0.2, 0) is 9.53 Å². The van der Waals surface area contributed by atoms with E-state index in [0.29, 0.717) is 40.6 Å². The Bertz CT molecular complexity index is 1320. The quantitative estimate of drug-likeness (QED) is 0.368. The molecule has 0 aliphatic carbocycles. The van der Waals surface area contributed by atoms with Crippen LogP contribution in [0.5, 0.6) is 5.75 Å². The van der Waals surface area contributed by atoms with Crippen molar-refractivity contribution in [1.29, 1.82) is 0 Å². The molecule has 0 aliphatic rings. The van der Waals surface area contributed by atoms with Gasteiger partial charge < -0.3 is 29.4 Å². The summed E-state index contributed by atoms with van der Waals surface area (Å²) in [4.78, 5) is 39.6. The molecule has 3 rings (SSSR count). The summed E-state index contributed by atoms with van der Waals surface area (Å²) in [5.41, 5.74) is 1.10. The van der Waals surface area contributed by atoms with Crippen molar-refractivity contribution in [3.05, 3.63) is 59.0 Å². The van der Waals surface area contributed by atoms with E-state index in [-0.39, 0.29) is 0 Å². The van der Waals surface area contributed by atoms with Gasteiger partial charge in [-0.2, -0.15) is 11.8 Å². The number of alkyl carbamates (subject to hydrolysis) is 1. The Hall–Kier alpha value is -3.66. The van der Waals surface area contributed by atoms with E-state index in [0.717, 1.165) is 5.39 Å². The number of carbonyl (C=O) groups is 2. The maximum Gasteiger partial charge on any atom is 0.408 e. The third-order valence-corrected chi connectivity index (χ3v) is 6.08. The van der Waals surface area contributed by atoms with Crippen LogP contribution in [0.15, 0.2) is 57.7 Å². The zero-order chi connectivity index (χ0) is 27.2. The van der Waals surface area contributed by atoms with E-state index in [1.807, 2.05) is 36.4 Å². The number of para-hydroxylation sites is 1. The molecule has 2 N–H and O–H groups in total. The van der Waals surface area contributed by atoms with E-state index in [4.69, 9.17) is 13.9 Å². The number of thioether (sulfide) groups is 1. The van der Waals surface area contributed by atoms with Crippen LogP contribution in [0.4, 0.5) is 21.9 Å². The van der Waals surface area contributed by atoms with Crippen molar-refractivity contribution < 1.29 is 23.5 Å². The van der Waals surface area contributed by atoms with Crippen molar-refractivity contribution in [3.8, 4) is 5.75 Å². The number of benzene rings is 2. The fraction of sp³-hybridized carbons (Fsp3) is 0.370. The predicted octanol–water partition coefficient (Wildman–Crippen LogP) is 5.15. The van der Waals surface area contributed by atoms with E-state index in [2.05, 4.69) is 10.6 Å². The molecule has 0 fully saturated rings. The second-order valence-electron chi connectivity index (χ2n) is 9.36. The van der Waals surface area contributed by atoms with E-state index in [9.17, 15) is 14.4 Å². The van der Waals surface area contributed by atoms with Crippen molar-refractivity contribution in [2.75, 3.05) is 36.4 Å². The predicted molar refractivity (Wildman–Crippen MR) is 148 cm³/mol. The van der Waals surface area contributed by atoms with Crippen molar-refractivity contribution in [1.82, 2.24) is 5.32 Å². The smallest absolute Gasteiger partial charge is 0.408 e. The number of rotatable bonds is 9. The third-order valence-electron chi connectivity index (χ3n) is 5.44. The first kappa shape index (κ1) is 27.9. The first-order chi connectivity index (χ1) is 17.5. The fourth-order valence-corrected chi connectivity index (χ4v) is 4.16. The summed E-state index contributed by atoms with van der Waals surface area (Å²) in [6.45, 7) is 5.28. The largest absolute Gasteiger partial charge is 0.495 e. The molecule has 198 valence electrons. The van der Waals surface area contributed by atoms with E-state index in [1.54, 1.807) is 56.8 Å². The first-order valence-electron chi connectivity index (χ1n) is 11.8. The Morgan fingerprint density at radius 2 is 1.86 bits per heavy atom. The van der Waals surface area contributed by atoms with Crippen LogP contribution >= 0.6 is 11.8 Å². The second-order valence-corrected chi connectivity index (χ2v) is 10.3. The lowest BCUT2D eigenvalue weighted by molar-refractivity contribution is -0.118. The van der Waals surface area contributed by atoms with Gasteiger partial charge in [0, 0.05) is 24.2 Å². The van der Waals surface area contributed by atoms with Crippen LogP contribution in [0.25, 0.3) is 11.0 Å². The first-order valence-corrected chi connectivity index (χ1v) is 13.2. The molecular formula is C27H33N3O6S. The number of amides is 2. The molecule has 0 unspecified atom stereocenters. The van der Waals surface area contributed by atoms with Crippen LogP contribution in [0.2, 0.25) is 0 Å². The van der Waals surface area contributed by atoms with Crippen molar-refractivity contribution >= 4 is 51.8 Å². The van der Waals surface area contributed by atoms with Crippen LogP contribution < -0.4 is 25.9 Å². The number of fused-ring (bicyclic) bond motifs is 1. The average Bonchev–Trinajstić information content (AvgIpc) is 2.84. The van der Waals surface area contributed by atoms with Gasteiger partial charge in [0.1, 0.15) is 23.0 Å². The zero-order valence-electron chi connectivity index (χ0n) is 21.9. The molecule has 3 aromatic rings. The van der Waals surface area contributed by atoms with E-state index in [1.165, 1.54) is 13.2 Å². The molecule has 37 heavy (non-hydrogen) atoms. The summed E-state index contributed by atoms with van der Waals surface area (Å²) in [6.07, 6.45) is 1.68. The third kappa shape index (κ3) is 7.42. The minimum Gasteiger partial charge on any atom is -0.495 e. The molecule has 0 spiro atoms. The molecule has 2 amide bonds. The highest BCUT2D eigenvalue weighted by Crippen LogP contribution is 2.34. The summed E-state index contributed by atoms with van der Waals surface area (Å²) in [7, 11) is 3.33. The number of nitrogens with zero attached hydrogens (tertiary/aromatic N) is 1. The topological polar surface area (TPSA) is 110 Å². The standard InChI is InChI=1S/C27H33N3O6S/c1-27(2,3)36-26(33)29-19(13-14-37-6)25(32)28-20-15-17(11-12-23(20)34-5)30(4)21-16-24(31)35-22-10-8-7-9-18(21)22/h7-12,15-16,19H,13-14H2,1-6H3,(H,28,32)(H,29,33)/t19-/m0/s1. The highest BCUT2D eigenvalue weighted by Gasteiger charge is 2.25. The summed E-state index contributed by atoms with van der Waals surface area (Å²) in [5.74, 6) is 0.713. The van der Waals surface area contributed by atoms with Crippen LogP contribution in [0.1, 0.15) is 27.2 Å². The Kier molecular flexibility index (Phi) is 9.09. The summed E-state index contributed by atoms with van der Waals surface area (Å²) in [6, 6.07) is 13.2. The molecule has 0 saturated carbocycles. The van der Waals surface area contributed by atoms with Crippen LogP contribution in [0.3, 0.4) is 0 Å². The molecule has 0 aliphatic heterocycles. The molecule has 1 heterocycles. The minimum absolute atomic E-state index is 0.399. The van der Waals surface area contributed by atoms with Gasteiger partial charge in [0.15, 0.2) is 0 Å². The Labute approximate surface area is 220 Å². The van der Waals surface area contributed by atoms with Gasteiger partial charge in [-0.3, -0.25) is 4.79 Å². The molecule has 10 heteroatoms. The molecule has 2 aromatic carbocycles. The second kappa shape index (κ2) is 12.1. The minimum atomic E-state index is -0.809. The van der Waals surface area contributed by atoms with Gasteiger partial charge in [0.25, 0.3) is 0 Å². The average molecular weight is 528 g/mol. The summed E-state index contributed by atoms with van der Waals surface area (Å²) in [5, 5.41) is 6.32. The molecule has 0 radical (unpaired) electrons. The number of ether oxygens (including phenoxy) is 2. The highest BCUT2D eigenvalue weighted by molar-refractivity contribution is 7.98. The number of methoxy groups -OCH3 is 1. The normalized spacial score (nSPS) is 12.1. The summed E-state index contributed by atoms with van der Waals surface area (Å²) >= 11 is 1.57.